The number of nitrogen functional groups attached to an aromatic ring is 1. The van der Waals surface area contributed by atoms with Gasteiger partial charge in [0.15, 0.2) is 0 Å². The van der Waals surface area contributed by atoms with Gasteiger partial charge in [0.05, 0.1) is 29.0 Å². The Morgan fingerprint density at radius 1 is 1.50 bits per heavy atom. The molecule has 0 heterocycles. The van der Waals surface area contributed by atoms with Gasteiger partial charge in [0.25, 0.3) is 5.91 Å². The zero-order valence-electron chi connectivity index (χ0n) is 10.9. The number of hydrogen-bond acceptors (Lipinski definition) is 3. The zero-order valence-corrected chi connectivity index (χ0v) is 11.7. The van der Waals surface area contributed by atoms with E-state index in [1.807, 2.05) is 13.8 Å². The third-order valence-electron chi connectivity index (χ3n) is 2.48. The average Bonchev–Trinajstić information content (AvgIpc) is 2.31. The number of benzene rings is 1. The highest BCUT2D eigenvalue weighted by Gasteiger charge is 2.16. The van der Waals surface area contributed by atoms with E-state index in [2.05, 4.69) is 0 Å². The molecule has 18 heavy (non-hydrogen) atoms. The van der Waals surface area contributed by atoms with Crippen LogP contribution in [0.2, 0.25) is 5.02 Å². The number of amides is 1. The summed E-state index contributed by atoms with van der Waals surface area (Å²) in [6.45, 7) is 4.93. The molecule has 2 N–H and O–H groups in total. The Morgan fingerprint density at radius 3 is 2.78 bits per heavy atom. The minimum absolute atomic E-state index is 0.153. The van der Waals surface area contributed by atoms with Crippen LogP contribution in [0.3, 0.4) is 0 Å². The Morgan fingerprint density at radius 2 is 2.17 bits per heavy atom. The van der Waals surface area contributed by atoms with Gasteiger partial charge in [-0.15, -0.1) is 0 Å². The van der Waals surface area contributed by atoms with Gasteiger partial charge >= 0.3 is 0 Å². The van der Waals surface area contributed by atoms with Gasteiger partial charge in [-0.3, -0.25) is 4.79 Å². The van der Waals surface area contributed by atoms with Gasteiger partial charge in [0.2, 0.25) is 0 Å². The normalized spacial score (nSPS) is 10.7. The molecule has 0 spiro atoms. The Bertz CT molecular complexity index is 421. The molecule has 0 aliphatic heterocycles. The summed E-state index contributed by atoms with van der Waals surface area (Å²) >= 11 is 6.01. The highest BCUT2D eigenvalue weighted by Crippen LogP contribution is 2.23. The number of ether oxygens (including phenoxy) is 1. The van der Waals surface area contributed by atoms with Crippen molar-refractivity contribution in [3.8, 4) is 0 Å². The maximum atomic E-state index is 12.1. The van der Waals surface area contributed by atoms with Gasteiger partial charge in [0, 0.05) is 13.6 Å². The molecule has 0 saturated carbocycles. The van der Waals surface area contributed by atoms with Crippen LogP contribution in [0.1, 0.15) is 24.2 Å². The molecule has 0 bridgehead atoms. The van der Waals surface area contributed by atoms with Crippen LogP contribution in [0.5, 0.6) is 0 Å². The number of nitrogens with zero attached hydrogens (tertiary/aromatic N) is 1. The van der Waals surface area contributed by atoms with Crippen LogP contribution < -0.4 is 5.73 Å². The lowest BCUT2D eigenvalue weighted by atomic mass is 10.2. The van der Waals surface area contributed by atoms with Crippen LogP contribution in [0.4, 0.5) is 5.69 Å². The molecule has 5 heteroatoms. The predicted molar refractivity (Wildman–Crippen MR) is 73.9 cm³/mol. The van der Waals surface area contributed by atoms with Gasteiger partial charge < -0.3 is 15.4 Å². The van der Waals surface area contributed by atoms with Crippen LogP contribution >= 0.6 is 11.6 Å². The minimum Gasteiger partial charge on any atom is -0.398 e. The van der Waals surface area contributed by atoms with Crippen molar-refractivity contribution < 1.29 is 9.53 Å². The summed E-state index contributed by atoms with van der Waals surface area (Å²) in [7, 11) is 1.71. The molecule has 1 amide bonds. The summed E-state index contributed by atoms with van der Waals surface area (Å²) in [4.78, 5) is 13.7. The van der Waals surface area contributed by atoms with E-state index in [0.717, 1.165) is 0 Å². The van der Waals surface area contributed by atoms with Crippen molar-refractivity contribution in [2.75, 3.05) is 25.9 Å². The Hall–Kier alpha value is -1.26. The van der Waals surface area contributed by atoms with Crippen molar-refractivity contribution in [1.29, 1.82) is 0 Å². The van der Waals surface area contributed by atoms with Gasteiger partial charge in [-0.05, 0) is 26.0 Å². The first-order chi connectivity index (χ1) is 8.43. The van der Waals surface area contributed by atoms with Crippen LogP contribution in [0.15, 0.2) is 18.2 Å². The zero-order chi connectivity index (χ0) is 13.7. The van der Waals surface area contributed by atoms with E-state index in [1.54, 1.807) is 30.1 Å². The van der Waals surface area contributed by atoms with Crippen molar-refractivity contribution in [3.05, 3.63) is 28.8 Å². The number of carbonyl (C=O) groups excluding carboxylic acids is 1. The average molecular weight is 271 g/mol. The second-order valence-electron chi connectivity index (χ2n) is 4.36. The second-order valence-corrected chi connectivity index (χ2v) is 4.73. The smallest absolute Gasteiger partial charge is 0.255 e. The maximum Gasteiger partial charge on any atom is 0.255 e. The topological polar surface area (TPSA) is 55.6 Å². The molecule has 0 saturated heterocycles. The van der Waals surface area contributed by atoms with E-state index >= 15 is 0 Å². The Kier molecular flexibility index (Phi) is 5.44. The minimum atomic E-state index is -0.153. The van der Waals surface area contributed by atoms with Crippen molar-refractivity contribution in [2.24, 2.45) is 0 Å². The van der Waals surface area contributed by atoms with Crippen molar-refractivity contribution >= 4 is 23.2 Å². The maximum absolute atomic E-state index is 12.1. The first kappa shape index (κ1) is 14.8. The lowest BCUT2D eigenvalue weighted by Gasteiger charge is -2.19. The molecule has 0 atom stereocenters. The number of nitrogens with two attached hydrogens (primary N) is 1. The van der Waals surface area contributed by atoms with Gasteiger partial charge in [0.1, 0.15) is 0 Å². The van der Waals surface area contributed by atoms with Crippen LogP contribution in [0.25, 0.3) is 0 Å². The molecule has 0 radical (unpaired) electrons. The molecule has 1 aromatic carbocycles. The van der Waals surface area contributed by atoms with Gasteiger partial charge in [-0.2, -0.15) is 0 Å². The number of likely N-dealkylation sites (N-methyl/N-ethyl adjacent to an activating group) is 1. The molecular formula is C13H19ClN2O2. The monoisotopic (exact) mass is 270 g/mol. The van der Waals surface area contributed by atoms with E-state index < -0.39 is 0 Å². The third kappa shape index (κ3) is 3.89. The van der Waals surface area contributed by atoms with E-state index in [0.29, 0.717) is 29.4 Å². The fourth-order valence-corrected chi connectivity index (χ4v) is 1.65. The largest absolute Gasteiger partial charge is 0.398 e. The second kappa shape index (κ2) is 6.61. The van der Waals surface area contributed by atoms with Crippen molar-refractivity contribution in [1.82, 2.24) is 4.90 Å². The van der Waals surface area contributed by atoms with Gasteiger partial charge in [-0.1, -0.05) is 17.7 Å². The van der Waals surface area contributed by atoms with E-state index in [4.69, 9.17) is 22.1 Å². The van der Waals surface area contributed by atoms with Crippen molar-refractivity contribution in [3.63, 3.8) is 0 Å². The quantitative estimate of drug-likeness (QED) is 0.836. The summed E-state index contributed by atoms with van der Waals surface area (Å²) < 4.78 is 5.40. The standard InChI is InChI=1S/C13H19ClN2O2/c1-9(2)18-8-7-16(3)13(17)10-5-4-6-11(15)12(10)14/h4-6,9H,7-8,15H2,1-3H3. The predicted octanol–water partition coefficient (Wildman–Crippen LogP) is 2.42. The molecule has 0 aliphatic carbocycles. The first-order valence-corrected chi connectivity index (χ1v) is 6.22. The van der Waals surface area contributed by atoms with E-state index in [1.165, 1.54) is 0 Å². The molecule has 1 rings (SSSR count). The molecule has 100 valence electrons. The van der Waals surface area contributed by atoms with Gasteiger partial charge in [-0.25, -0.2) is 0 Å². The van der Waals surface area contributed by atoms with Crippen molar-refractivity contribution in [2.45, 2.75) is 20.0 Å². The third-order valence-corrected chi connectivity index (χ3v) is 2.91. The number of halogens is 1. The summed E-state index contributed by atoms with van der Waals surface area (Å²) in [6.07, 6.45) is 0.157. The van der Waals surface area contributed by atoms with Crippen LogP contribution in [-0.4, -0.2) is 37.1 Å². The lowest BCUT2D eigenvalue weighted by Crippen LogP contribution is -2.31. The molecule has 0 fully saturated rings. The molecule has 1 aromatic rings. The summed E-state index contributed by atoms with van der Waals surface area (Å²) in [5.41, 5.74) is 6.50. The van der Waals surface area contributed by atoms with Crippen LogP contribution in [-0.2, 0) is 4.74 Å². The first-order valence-electron chi connectivity index (χ1n) is 5.84. The molecular weight excluding hydrogens is 252 g/mol. The Labute approximate surface area is 113 Å². The summed E-state index contributed by atoms with van der Waals surface area (Å²) in [5, 5.41) is 0.305. The highest BCUT2D eigenvalue weighted by atomic mass is 35.5. The number of hydrogen-bond donors (Lipinski definition) is 1. The number of anilines is 1. The summed E-state index contributed by atoms with van der Waals surface area (Å²) in [5.74, 6) is -0.153. The molecule has 0 aromatic heterocycles. The van der Waals surface area contributed by atoms with Crippen LogP contribution in [0, 0.1) is 0 Å². The van der Waals surface area contributed by atoms with E-state index in [-0.39, 0.29) is 12.0 Å². The van der Waals surface area contributed by atoms with E-state index in [9.17, 15) is 4.79 Å². The highest BCUT2D eigenvalue weighted by molar-refractivity contribution is 6.36. The fraction of sp³-hybridized carbons (Fsp3) is 0.462. The molecule has 0 aliphatic rings. The lowest BCUT2D eigenvalue weighted by molar-refractivity contribution is 0.0532. The summed E-state index contributed by atoms with van der Waals surface area (Å²) in [6, 6.07) is 5.05. The number of rotatable bonds is 5. The molecule has 0 unspecified atom stereocenters. The molecule has 4 nitrogen and oxygen atoms in total. The Balaban J connectivity index is 2.66. The fourth-order valence-electron chi connectivity index (χ4n) is 1.45. The SMILES string of the molecule is CC(C)OCCN(C)C(=O)c1cccc(N)c1Cl. The number of carbonyl (C=O) groups is 1.